The van der Waals surface area contributed by atoms with Gasteiger partial charge in [-0.2, -0.15) is 0 Å². The Morgan fingerprint density at radius 1 is 1.24 bits per heavy atom. The van der Waals surface area contributed by atoms with Crippen molar-refractivity contribution in [3.8, 4) is 0 Å². The lowest BCUT2D eigenvalue weighted by Gasteiger charge is -2.30. The number of oxime groups is 1. The molecule has 2 heterocycles. The molecular formula is C19H30N4O2. The van der Waals surface area contributed by atoms with Gasteiger partial charge in [0.1, 0.15) is 11.3 Å². The Morgan fingerprint density at radius 3 is 2.48 bits per heavy atom. The van der Waals surface area contributed by atoms with Crippen LogP contribution >= 0.6 is 0 Å². The number of nitrogens with one attached hydrogen (secondary N) is 2. The van der Waals surface area contributed by atoms with Gasteiger partial charge >= 0.3 is 0 Å². The first-order valence-electron chi connectivity index (χ1n) is 8.71. The molecule has 0 aliphatic carbocycles. The van der Waals surface area contributed by atoms with Crippen molar-refractivity contribution in [1.82, 2.24) is 16.8 Å². The van der Waals surface area contributed by atoms with E-state index in [-0.39, 0.29) is 23.1 Å². The van der Waals surface area contributed by atoms with Gasteiger partial charge < -0.3 is 21.6 Å². The van der Waals surface area contributed by atoms with Gasteiger partial charge in [-0.3, -0.25) is 4.79 Å². The Bertz CT molecular complexity index is 626. The van der Waals surface area contributed by atoms with Crippen LogP contribution in [0.2, 0.25) is 0 Å². The maximum absolute atomic E-state index is 12.3. The summed E-state index contributed by atoms with van der Waals surface area (Å²) in [6.45, 7) is 8.93. The standard InChI is InChI=1S/C19H27N3O2.H3N/c1-18(2,3)15-6-4-14(5-7-15)13-21-17(23)16-12-19(24-22-16)8-10-20-11-9-19;/h4-7,20H,8-13H2,1-3H3,(H,21,23);1H3. The number of amides is 1. The third-order valence-corrected chi connectivity index (χ3v) is 4.89. The second-order valence-corrected chi connectivity index (χ2v) is 7.87. The molecule has 0 aromatic heterocycles. The molecule has 0 saturated carbocycles. The molecule has 0 bridgehead atoms. The van der Waals surface area contributed by atoms with Crippen LogP contribution in [0.5, 0.6) is 0 Å². The molecule has 1 spiro atoms. The van der Waals surface area contributed by atoms with Crippen molar-refractivity contribution in [2.75, 3.05) is 13.1 Å². The lowest BCUT2D eigenvalue weighted by atomic mass is 9.86. The molecule has 0 atom stereocenters. The minimum Gasteiger partial charge on any atom is -0.388 e. The van der Waals surface area contributed by atoms with Crippen LogP contribution in [-0.4, -0.2) is 30.3 Å². The van der Waals surface area contributed by atoms with Crippen LogP contribution in [0, 0.1) is 0 Å². The molecule has 5 N–H and O–H groups in total. The molecule has 1 amide bonds. The Morgan fingerprint density at radius 2 is 1.88 bits per heavy atom. The number of carbonyl (C=O) groups excluding carboxylic acids is 1. The summed E-state index contributed by atoms with van der Waals surface area (Å²) in [7, 11) is 0. The number of hydrogen-bond acceptors (Lipinski definition) is 5. The molecule has 3 rings (SSSR count). The maximum atomic E-state index is 12.3. The summed E-state index contributed by atoms with van der Waals surface area (Å²) in [5, 5.41) is 10.3. The number of benzene rings is 1. The van der Waals surface area contributed by atoms with E-state index in [2.05, 4.69) is 60.8 Å². The van der Waals surface area contributed by atoms with Crippen molar-refractivity contribution >= 4 is 11.6 Å². The van der Waals surface area contributed by atoms with E-state index in [4.69, 9.17) is 4.84 Å². The molecule has 138 valence electrons. The quantitative estimate of drug-likeness (QED) is 0.783. The summed E-state index contributed by atoms with van der Waals surface area (Å²) in [4.78, 5) is 17.9. The van der Waals surface area contributed by atoms with E-state index in [0.717, 1.165) is 31.5 Å². The smallest absolute Gasteiger partial charge is 0.269 e. The molecule has 0 radical (unpaired) electrons. The molecule has 1 aromatic rings. The summed E-state index contributed by atoms with van der Waals surface area (Å²) in [5.41, 5.74) is 2.78. The molecule has 6 nitrogen and oxygen atoms in total. The highest BCUT2D eigenvalue weighted by atomic mass is 16.7. The molecule has 1 fully saturated rings. The fourth-order valence-electron chi connectivity index (χ4n) is 3.20. The third-order valence-electron chi connectivity index (χ3n) is 4.89. The van der Waals surface area contributed by atoms with Crippen molar-refractivity contribution in [1.29, 1.82) is 0 Å². The second kappa shape index (κ2) is 7.54. The van der Waals surface area contributed by atoms with Crippen LogP contribution in [-0.2, 0) is 21.6 Å². The van der Waals surface area contributed by atoms with Gasteiger partial charge in [-0.05, 0) is 29.6 Å². The molecule has 1 aromatic carbocycles. The lowest BCUT2D eigenvalue weighted by Crippen LogP contribution is -2.43. The van der Waals surface area contributed by atoms with Crippen molar-refractivity contribution in [3.05, 3.63) is 35.4 Å². The van der Waals surface area contributed by atoms with E-state index in [0.29, 0.717) is 18.7 Å². The summed E-state index contributed by atoms with van der Waals surface area (Å²) in [5.74, 6) is -0.120. The van der Waals surface area contributed by atoms with Crippen LogP contribution in [0.4, 0.5) is 0 Å². The number of rotatable bonds is 3. The molecule has 1 saturated heterocycles. The third kappa shape index (κ3) is 4.58. The van der Waals surface area contributed by atoms with E-state index in [1.165, 1.54) is 5.56 Å². The SMILES string of the molecule is CC(C)(C)c1ccc(CNC(=O)C2=NOC3(CCNCC3)C2)cc1.N. The predicted octanol–water partition coefficient (Wildman–Crippen LogP) is 2.66. The monoisotopic (exact) mass is 346 g/mol. The van der Waals surface area contributed by atoms with Gasteiger partial charge in [0, 0.05) is 25.8 Å². The molecule has 2 aliphatic heterocycles. The highest BCUT2D eigenvalue weighted by Gasteiger charge is 2.42. The number of carbonyl (C=O) groups is 1. The molecule has 0 unspecified atom stereocenters. The highest BCUT2D eigenvalue weighted by molar-refractivity contribution is 6.39. The number of hydrogen-bond donors (Lipinski definition) is 3. The fraction of sp³-hybridized carbons (Fsp3) is 0.579. The zero-order valence-corrected chi connectivity index (χ0v) is 15.5. The first-order chi connectivity index (χ1) is 11.4. The van der Waals surface area contributed by atoms with Crippen molar-refractivity contribution in [3.63, 3.8) is 0 Å². The highest BCUT2D eigenvalue weighted by Crippen LogP contribution is 2.32. The Hall–Kier alpha value is -1.92. The van der Waals surface area contributed by atoms with Crippen LogP contribution in [0.15, 0.2) is 29.4 Å². The van der Waals surface area contributed by atoms with Crippen molar-refractivity contribution < 1.29 is 9.63 Å². The topological polar surface area (TPSA) is 97.7 Å². The van der Waals surface area contributed by atoms with E-state index >= 15 is 0 Å². The Labute approximate surface area is 150 Å². The van der Waals surface area contributed by atoms with Gasteiger partial charge in [-0.25, -0.2) is 0 Å². The van der Waals surface area contributed by atoms with Crippen molar-refractivity contribution in [2.24, 2.45) is 5.16 Å². The average Bonchev–Trinajstić information content (AvgIpc) is 2.96. The number of nitrogens with zero attached hydrogens (tertiary/aromatic N) is 1. The lowest BCUT2D eigenvalue weighted by molar-refractivity contribution is -0.115. The average molecular weight is 346 g/mol. The van der Waals surface area contributed by atoms with Gasteiger partial charge in [0.2, 0.25) is 0 Å². The summed E-state index contributed by atoms with van der Waals surface area (Å²) >= 11 is 0. The summed E-state index contributed by atoms with van der Waals surface area (Å²) < 4.78 is 0. The Balaban J connectivity index is 0.00000225. The van der Waals surface area contributed by atoms with E-state index < -0.39 is 0 Å². The summed E-state index contributed by atoms with van der Waals surface area (Å²) in [6, 6.07) is 8.40. The van der Waals surface area contributed by atoms with Gasteiger partial charge in [0.25, 0.3) is 5.91 Å². The largest absolute Gasteiger partial charge is 0.388 e. The van der Waals surface area contributed by atoms with Crippen LogP contribution < -0.4 is 16.8 Å². The molecule has 2 aliphatic rings. The first-order valence-corrected chi connectivity index (χ1v) is 8.71. The van der Waals surface area contributed by atoms with Crippen molar-refractivity contribution in [2.45, 2.75) is 57.6 Å². The zero-order valence-electron chi connectivity index (χ0n) is 15.5. The number of piperidine rings is 1. The van der Waals surface area contributed by atoms with Gasteiger partial charge in [0.05, 0.1) is 0 Å². The van der Waals surface area contributed by atoms with Gasteiger partial charge in [-0.1, -0.05) is 50.2 Å². The zero-order chi connectivity index (χ0) is 17.2. The molecule has 6 heteroatoms. The van der Waals surface area contributed by atoms with E-state index in [1.54, 1.807) is 0 Å². The van der Waals surface area contributed by atoms with Crippen LogP contribution in [0.1, 0.15) is 51.2 Å². The second-order valence-electron chi connectivity index (χ2n) is 7.87. The fourth-order valence-corrected chi connectivity index (χ4v) is 3.20. The Kier molecular flexibility index (Phi) is 5.85. The van der Waals surface area contributed by atoms with Gasteiger partial charge in [-0.15, -0.1) is 0 Å². The molecular weight excluding hydrogens is 316 g/mol. The molecule has 25 heavy (non-hydrogen) atoms. The summed E-state index contributed by atoms with van der Waals surface area (Å²) in [6.07, 6.45) is 2.42. The minimum atomic E-state index is -0.258. The van der Waals surface area contributed by atoms with Gasteiger partial charge in [0.15, 0.2) is 0 Å². The first kappa shape index (κ1) is 19.4. The predicted molar refractivity (Wildman–Crippen MR) is 100.0 cm³/mol. The normalized spacial score (nSPS) is 18.9. The van der Waals surface area contributed by atoms with Crippen LogP contribution in [0.3, 0.4) is 0 Å². The minimum absolute atomic E-state index is 0. The van der Waals surface area contributed by atoms with E-state index in [9.17, 15) is 4.79 Å². The van der Waals surface area contributed by atoms with E-state index in [1.807, 2.05) is 0 Å². The van der Waals surface area contributed by atoms with Crippen LogP contribution in [0.25, 0.3) is 0 Å². The maximum Gasteiger partial charge on any atom is 0.269 e.